The van der Waals surface area contributed by atoms with Gasteiger partial charge in [0.25, 0.3) is 0 Å². The van der Waals surface area contributed by atoms with E-state index in [-0.39, 0.29) is 5.56 Å². The molecule has 3 amide bonds. The zero-order valence-corrected chi connectivity index (χ0v) is 11.2. The van der Waals surface area contributed by atoms with E-state index in [4.69, 9.17) is 0 Å². The van der Waals surface area contributed by atoms with Gasteiger partial charge in [-0.1, -0.05) is 6.07 Å². The lowest BCUT2D eigenvalue weighted by molar-refractivity contribution is -0.123. The molecule has 0 aliphatic carbocycles. The number of benzene rings is 1. The Morgan fingerprint density at radius 2 is 1.82 bits per heavy atom. The van der Waals surface area contributed by atoms with Crippen LogP contribution in [0.25, 0.3) is 0 Å². The Hall–Kier alpha value is -2.39. The van der Waals surface area contributed by atoms with E-state index in [1.807, 2.05) is 5.32 Å². The minimum absolute atomic E-state index is 0.125. The predicted octanol–water partition coefficient (Wildman–Crippen LogP) is 1.61. The highest BCUT2D eigenvalue weighted by Crippen LogP contribution is 2.17. The molecule has 5 nitrogen and oxygen atoms in total. The van der Waals surface area contributed by atoms with Crippen LogP contribution in [0, 0.1) is 11.6 Å². The molecule has 0 saturated carbocycles. The van der Waals surface area contributed by atoms with Gasteiger partial charge < -0.3 is 16.0 Å². The summed E-state index contributed by atoms with van der Waals surface area (Å²) in [5.41, 5.74) is -0.125. The molecule has 22 heavy (non-hydrogen) atoms. The predicted molar refractivity (Wildman–Crippen MR) is 65.8 cm³/mol. The Kier molecular flexibility index (Phi) is 5.66. The third-order valence-electron chi connectivity index (χ3n) is 2.51. The number of alkyl halides is 3. The fraction of sp³-hybridized carbons (Fsp3) is 0.333. The lowest BCUT2D eigenvalue weighted by Gasteiger charge is -2.18. The third kappa shape index (κ3) is 5.19. The van der Waals surface area contributed by atoms with Crippen molar-refractivity contribution < 1.29 is 31.5 Å². The highest BCUT2D eigenvalue weighted by molar-refractivity contribution is 5.87. The van der Waals surface area contributed by atoms with Crippen molar-refractivity contribution >= 4 is 11.9 Å². The van der Waals surface area contributed by atoms with Crippen molar-refractivity contribution in [1.29, 1.82) is 0 Å². The lowest BCUT2D eigenvalue weighted by Crippen LogP contribution is -2.46. The number of nitrogens with one attached hydrogen (secondary N) is 3. The first-order valence-electron chi connectivity index (χ1n) is 5.91. The van der Waals surface area contributed by atoms with E-state index < -0.39 is 42.3 Å². The van der Waals surface area contributed by atoms with Crippen LogP contribution in [0.2, 0.25) is 0 Å². The zero-order valence-electron chi connectivity index (χ0n) is 11.2. The number of rotatable bonds is 4. The highest BCUT2D eigenvalue weighted by Gasteiger charge is 2.29. The molecule has 1 aromatic rings. The summed E-state index contributed by atoms with van der Waals surface area (Å²) in [7, 11) is 1.21. The monoisotopic (exact) mass is 325 g/mol. The van der Waals surface area contributed by atoms with Crippen molar-refractivity contribution in [1.82, 2.24) is 16.0 Å². The van der Waals surface area contributed by atoms with Gasteiger partial charge in [-0.15, -0.1) is 0 Å². The van der Waals surface area contributed by atoms with Gasteiger partial charge in [0.15, 0.2) is 11.6 Å². The zero-order chi connectivity index (χ0) is 16.9. The smallest absolute Gasteiger partial charge is 0.357 e. The van der Waals surface area contributed by atoms with E-state index in [0.717, 1.165) is 12.1 Å². The van der Waals surface area contributed by atoms with Gasteiger partial charge in [-0.25, -0.2) is 13.6 Å². The molecule has 0 aromatic heterocycles. The number of halogens is 5. The van der Waals surface area contributed by atoms with Gasteiger partial charge in [0.1, 0.15) is 12.6 Å². The minimum atomic E-state index is -4.62. The Morgan fingerprint density at radius 1 is 1.18 bits per heavy atom. The summed E-state index contributed by atoms with van der Waals surface area (Å²) in [5.74, 6) is -3.24. The number of carbonyl (C=O) groups is 2. The first kappa shape index (κ1) is 17.7. The topological polar surface area (TPSA) is 70.2 Å². The molecule has 10 heteroatoms. The van der Waals surface area contributed by atoms with Gasteiger partial charge in [0.05, 0.1) is 0 Å². The molecule has 1 aromatic carbocycles. The first-order valence-corrected chi connectivity index (χ1v) is 5.91. The van der Waals surface area contributed by atoms with Crippen molar-refractivity contribution in [2.45, 2.75) is 12.2 Å². The molecule has 1 atom stereocenters. The lowest BCUT2D eigenvalue weighted by atomic mass is 10.1. The molecule has 0 aliphatic heterocycles. The average molecular weight is 325 g/mol. The maximum Gasteiger partial charge on any atom is 0.405 e. The Balaban J connectivity index is 2.87. The van der Waals surface area contributed by atoms with Crippen molar-refractivity contribution in [3.05, 3.63) is 35.4 Å². The number of amides is 3. The van der Waals surface area contributed by atoms with Crippen LogP contribution in [0.3, 0.4) is 0 Å². The van der Waals surface area contributed by atoms with Gasteiger partial charge in [0.2, 0.25) is 5.91 Å². The van der Waals surface area contributed by atoms with Crippen LogP contribution in [0.5, 0.6) is 0 Å². The van der Waals surface area contributed by atoms with Crippen LogP contribution in [0.4, 0.5) is 26.7 Å². The van der Waals surface area contributed by atoms with E-state index in [9.17, 15) is 31.5 Å². The van der Waals surface area contributed by atoms with Crippen molar-refractivity contribution in [3.63, 3.8) is 0 Å². The summed E-state index contributed by atoms with van der Waals surface area (Å²) in [4.78, 5) is 23.0. The second-order valence-corrected chi connectivity index (χ2v) is 4.16. The average Bonchev–Trinajstić information content (AvgIpc) is 2.44. The molecule has 0 bridgehead atoms. The van der Waals surface area contributed by atoms with Crippen LogP contribution >= 0.6 is 0 Å². The van der Waals surface area contributed by atoms with Gasteiger partial charge >= 0.3 is 12.2 Å². The summed E-state index contributed by atoms with van der Waals surface area (Å²) in [6.45, 7) is -1.60. The molecule has 1 rings (SSSR count). The first-order chi connectivity index (χ1) is 10.1. The van der Waals surface area contributed by atoms with E-state index in [2.05, 4.69) is 5.32 Å². The van der Waals surface area contributed by atoms with Crippen LogP contribution in [0.1, 0.15) is 11.6 Å². The molecule has 0 saturated heterocycles. The quantitative estimate of drug-likeness (QED) is 0.736. The SMILES string of the molecule is CNC(=O)[C@@H](NC(=O)NCC(F)(F)F)c1ccc(F)c(F)c1. The maximum atomic E-state index is 13.2. The van der Waals surface area contributed by atoms with Crippen LogP contribution in [-0.4, -0.2) is 31.7 Å². The highest BCUT2D eigenvalue weighted by atomic mass is 19.4. The molecular weight excluding hydrogens is 313 g/mol. The standard InChI is InChI=1S/C12H12F5N3O2/c1-18-10(21)9(6-2-3-7(13)8(14)4-6)20-11(22)19-5-12(15,16)17/h2-4,9H,5H2,1H3,(H,18,21)(H2,19,20,22)/t9-/m0/s1. The van der Waals surface area contributed by atoms with Gasteiger partial charge in [-0.3, -0.25) is 4.79 Å². The summed E-state index contributed by atoms with van der Waals surface area (Å²) in [6.07, 6.45) is -4.62. The maximum absolute atomic E-state index is 13.2. The van der Waals surface area contributed by atoms with E-state index in [1.54, 1.807) is 0 Å². The number of carbonyl (C=O) groups excluding carboxylic acids is 2. The molecular formula is C12H12F5N3O2. The molecule has 0 fully saturated rings. The fourth-order valence-electron chi connectivity index (χ4n) is 1.50. The molecule has 0 unspecified atom stereocenters. The minimum Gasteiger partial charge on any atom is -0.357 e. The largest absolute Gasteiger partial charge is 0.405 e. The second kappa shape index (κ2) is 7.05. The van der Waals surface area contributed by atoms with Gasteiger partial charge in [0, 0.05) is 7.05 Å². The van der Waals surface area contributed by atoms with Gasteiger partial charge in [-0.2, -0.15) is 13.2 Å². The Morgan fingerprint density at radius 3 is 2.32 bits per heavy atom. The van der Waals surface area contributed by atoms with Crippen molar-refractivity contribution in [2.24, 2.45) is 0 Å². The Bertz CT molecular complexity index is 562. The second-order valence-electron chi connectivity index (χ2n) is 4.16. The number of hydrogen-bond acceptors (Lipinski definition) is 2. The summed E-state index contributed by atoms with van der Waals surface area (Å²) in [5, 5.41) is 5.61. The Labute approximate surface area is 121 Å². The van der Waals surface area contributed by atoms with E-state index >= 15 is 0 Å². The molecule has 122 valence electrons. The van der Waals surface area contributed by atoms with E-state index in [0.29, 0.717) is 6.07 Å². The molecule has 0 aliphatic rings. The molecule has 0 heterocycles. The van der Waals surface area contributed by atoms with Crippen LogP contribution in [0.15, 0.2) is 18.2 Å². The fourth-order valence-corrected chi connectivity index (χ4v) is 1.50. The normalized spacial score (nSPS) is 12.5. The molecule has 0 radical (unpaired) electrons. The number of urea groups is 1. The number of likely N-dealkylation sites (N-methyl/N-ethyl adjacent to an activating group) is 1. The van der Waals surface area contributed by atoms with Crippen LogP contribution in [-0.2, 0) is 4.79 Å². The van der Waals surface area contributed by atoms with Crippen molar-refractivity contribution in [2.75, 3.05) is 13.6 Å². The van der Waals surface area contributed by atoms with Gasteiger partial charge in [-0.05, 0) is 17.7 Å². The number of hydrogen-bond donors (Lipinski definition) is 3. The molecule has 3 N–H and O–H groups in total. The summed E-state index contributed by atoms with van der Waals surface area (Å²) < 4.78 is 62.0. The van der Waals surface area contributed by atoms with Crippen LogP contribution < -0.4 is 16.0 Å². The summed E-state index contributed by atoms with van der Waals surface area (Å²) in [6, 6.07) is -0.332. The summed E-state index contributed by atoms with van der Waals surface area (Å²) >= 11 is 0. The molecule has 0 spiro atoms. The third-order valence-corrected chi connectivity index (χ3v) is 2.51. The van der Waals surface area contributed by atoms with E-state index in [1.165, 1.54) is 12.4 Å². The van der Waals surface area contributed by atoms with Crippen molar-refractivity contribution in [3.8, 4) is 0 Å².